The first-order valence-corrected chi connectivity index (χ1v) is 6.03. The van der Waals surface area contributed by atoms with Crippen molar-refractivity contribution < 1.29 is 9.72 Å². The van der Waals surface area contributed by atoms with Gasteiger partial charge in [-0.15, -0.1) is 0 Å². The summed E-state index contributed by atoms with van der Waals surface area (Å²) < 4.78 is 0. The van der Waals surface area contributed by atoms with Gasteiger partial charge >= 0.3 is 0 Å². The van der Waals surface area contributed by atoms with Gasteiger partial charge in [-0.1, -0.05) is 0 Å². The lowest BCUT2D eigenvalue weighted by atomic mass is 10.1. The lowest BCUT2D eigenvalue weighted by molar-refractivity contribution is -0.385. The molecule has 104 valence electrons. The molecule has 1 aromatic heterocycles. The second kappa shape index (κ2) is 5.52. The second-order valence-electron chi connectivity index (χ2n) is 4.49. The van der Waals surface area contributed by atoms with Crippen molar-refractivity contribution in [2.24, 2.45) is 0 Å². The molecule has 2 rings (SSSR count). The standard InChI is InChI=1S/C13H14N4O3/c1-8-5-10(3-4-12(8)17(19)20)13(18)16-9(2)11-6-14-15-7-11/h3-7,9H,1-2H3,(H,14,15)(H,16,18). The smallest absolute Gasteiger partial charge is 0.272 e. The number of amides is 1. The fourth-order valence-corrected chi connectivity index (χ4v) is 1.86. The fourth-order valence-electron chi connectivity index (χ4n) is 1.86. The molecule has 0 bridgehead atoms. The third kappa shape index (κ3) is 2.82. The first kappa shape index (κ1) is 13.7. The van der Waals surface area contributed by atoms with Crippen LogP contribution < -0.4 is 5.32 Å². The highest BCUT2D eigenvalue weighted by Gasteiger charge is 2.16. The van der Waals surface area contributed by atoms with Crippen LogP contribution in [0.25, 0.3) is 0 Å². The van der Waals surface area contributed by atoms with E-state index in [0.717, 1.165) is 5.56 Å². The minimum atomic E-state index is -0.467. The third-order valence-corrected chi connectivity index (χ3v) is 3.02. The second-order valence-corrected chi connectivity index (χ2v) is 4.49. The number of nitro groups is 1. The van der Waals surface area contributed by atoms with Gasteiger partial charge in [0.1, 0.15) is 0 Å². The van der Waals surface area contributed by atoms with Gasteiger partial charge in [-0.2, -0.15) is 5.10 Å². The van der Waals surface area contributed by atoms with E-state index in [9.17, 15) is 14.9 Å². The molecule has 0 aliphatic rings. The number of carbonyl (C=O) groups is 1. The maximum absolute atomic E-state index is 12.1. The minimum Gasteiger partial charge on any atom is -0.345 e. The minimum absolute atomic E-state index is 0.00410. The van der Waals surface area contributed by atoms with E-state index in [1.807, 2.05) is 6.92 Å². The number of aromatic nitrogens is 2. The number of nitrogens with zero attached hydrogens (tertiary/aromatic N) is 2. The molecule has 1 amide bonds. The zero-order valence-electron chi connectivity index (χ0n) is 11.1. The lowest BCUT2D eigenvalue weighted by Gasteiger charge is -2.12. The van der Waals surface area contributed by atoms with Crippen LogP contribution in [0.15, 0.2) is 30.6 Å². The van der Waals surface area contributed by atoms with Crippen LogP contribution >= 0.6 is 0 Å². The molecule has 0 radical (unpaired) electrons. The molecule has 0 saturated carbocycles. The van der Waals surface area contributed by atoms with Gasteiger partial charge in [0.25, 0.3) is 11.6 Å². The Morgan fingerprint density at radius 2 is 2.25 bits per heavy atom. The molecular formula is C13H14N4O3. The summed E-state index contributed by atoms with van der Waals surface area (Å²) in [7, 11) is 0. The fraction of sp³-hybridized carbons (Fsp3) is 0.231. The molecule has 1 aromatic carbocycles. The van der Waals surface area contributed by atoms with Gasteiger partial charge in [-0.05, 0) is 26.0 Å². The van der Waals surface area contributed by atoms with Gasteiger partial charge < -0.3 is 5.32 Å². The highest BCUT2D eigenvalue weighted by Crippen LogP contribution is 2.19. The summed E-state index contributed by atoms with van der Waals surface area (Å²) >= 11 is 0. The highest BCUT2D eigenvalue weighted by molar-refractivity contribution is 5.94. The number of aryl methyl sites for hydroxylation is 1. The molecule has 2 aromatic rings. The van der Waals surface area contributed by atoms with Crippen molar-refractivity contribution in [3.8, 4) is 0 Å². The van der Waals surface area contributed by atoms with Crippen molar-refractivity contribution in [1.29, 1.82) is 0 Å². The first-order valence-electron chi connectivity index (χ1n) is 6.03. The van der Waals surface area contributed by atoms with Gasteiger partial charge in [0, 0.05) is 29.0 Å². The Balaban J connectivity index is 2.14. The normalized spacial score (nSPS) is 11.9. The number of aromatic amines is 1. The van der Waals surface area contributed by atoms with E-state index in [0.29, 0.717) is 11.1 Å². The summed E-state index contributed by atoms with van der Waals surface area (Å²) in [6.07, 6.45) is 3.33. The lowest BCUT2D eigenvalue weighted by Crippen LogP contribution is -2.26. The molecule has 0 aliphatic heterocycles. The Morgan fingerprint density at radius 1 is 1.50 bits per heavy atom. The van der Waals surface area contributed by atoms with Crippen LogP contribution in [-0.2, 0) is 0 Å². The topological polar surface area (TPSA) is 101 Å². The molecule has 7 heteroatoms. The Bertz CT molecular complexity index is 637. The van der Waals surface area contributed by atoms with Crippen LogP contribution in [-0.4, -0.2) is 21.0 Å². The summed E-state index contributed by atoms with van der Waals surface area (Å²) in [6, 6.07) is 4.10. The van der Waals surface area contributed by atoms with Crippen molar-refractivity contribution in [3.05, 3.63) is 57.4 Å². The number of hydrogen-bond donors (Lipinski definition) is 2. The van der Waals surface area contributed by atoms with E-state index >= 15 is 0 Å². The maximum Gasteiger partial charge on any atom is 0.272 e. The third-order valence-electron chi connectivity index (χ3n) is 3.02. The number of rotatable bonds is 4. The SMILES string of the molecule is Cc1cc(C(=O)NC(C)c2cn[nH]c2)ccc1[N+](=O)[O-]. The molecule has 1 heterocycles. The summed E-state index contributed by atoms with van der Waals surface area (Å²) in [5.74, 6) is -0.281. The molecule has 7 nitrogen and oxygen atoms in total. The zero-order chi connectivity index (χ0) is 14.7. The number of hydrogen-bond acceptors (Lipinski definition) is 4. The van der Waals surface area contributed by atoms with Crippen molar-refractivity contribution in [2.45, 2.75) is 19.9 Å². The van der Waals surface area contributed by atoms with Crippen LogP contribution in [0.1, 0.15) is 34.5 Å². The molecule has 1 unspecified atom stereocenters. The van der Waals surface area contributed by atoms with E-state index < -0.39 is 4.92 Å². The monoisotopic (exact) mass is 274 g/mol. The summed E-state index contributed by atoms with van der Waals surface area (Å²) in [4.78, 5) is 22.3. The van der Waals surface area contributed by atoms with Gasteiger partial charge in [0.05, 0.1) is 17.2 Å². The van der Waals surface area contributed by atoms with E-state index in [-0.39, 0.29) is 17.6 Å². The number of carbonyl (C=O) groups excluding carboxylic acids is 1. The van der Waals surface area contributed by atoms with Crippen LogP contribution in [0.5, 0.6) is 0 Å². The molecule has 0 fully saturated rings. The van der Waals surface area contributed by atoms with Gasteiger partial charge in [0.15, 0.2) is 0 Å². The summed E-state index contributed by atoms with van der Waals surface area (Å²) in [5, 5.41) is 20.0. The predicted octanol–water partition coefficient (Wildman–Crippen LogP) is 2.12. The molecular weight excluding hydrogens is 260 g/mol. The van der Waals surface area contributed by atoms with Gasteiger partial charge in [-0.3, -0.25) is 20.0 Å². The Hall–Kier alpha value is -2.70. The molecule has 0 saturated heterocycles. The van der Waals surface area contributed by atoms with Crippen LogP contribution in [0, 0.1) is 17.0 Å². The van der Waals surface area contributed by atoms with Gasteiger partial charge in [-0.25, -0.2) is 0 Å². The Morgan fingerprint density at radius 3 is 2.80 bits per heavy atom. The summed E-state index contributed by atoms with van der Waals surface area (Å²) in [5.41, 5.74) is 1.71. The number of nitrogens with one attached hydrogen (secondary N) is 2. The van der Waals surface area contributed by atoms with Crippen molar-refractivity contribution >= 4 is 11.6 Å². The van der Waals surface area contributed by atoms with E-state index in [1.54, 1.807) is 19.3 Å². The van der Waals surface area contributed by atoms with E-state index in [1.165, 1.54) is 18.2 Å². The average molecular weight is 274 g/mol. The van der Waals surface area contributed by atoms with Crippen LogP contribution in [0.3, 0.4) is 0 Å². The number of benzene rings is 1. The van der Waals surface area contributed by atoms with Gasteiger partial charge in [0.2, 0.25) is 0 Å². The molecule has 1 atom stereocenters. The van der Waals surface area contributed by atoms with E-state index in [4.69, 9.17) is 0 Å². The van der Waals surface area contributed by atoms with Crippen LogP contribution in [0.2, 0.25) is 0 Å². The van der Waals surface area contributed by atoms with Crippen LogP contribution in [0.4, 0.5) is 5.69 Å². The molecule has 0 aliphatic carbocycles. The maximum atomic E-state index is 12.1. The molecule has 2 N–H and O–H groups in total. The first-order chi connectivity index (χ1) is 9.49. The average Bonchev–Trinajstić information content (AvgIpc) is 2.91. The zero-order valence-corrected chi connectivity index (χ0v) is 11.1. The Kier molecular flexibility index (Phi) is 3.79. The Labute approximate surface area is 115 Å². The number of H-pyrrole nitrogens is 1. The number of nitro benzene ring substituents is 1. The van der Waals surface area contributed by atoms with E-state index in [2.05, 4.69) is 15.5 Å². The van der Waals surface area contributed by atoms with Crippen molar-refractivity contribution in [2.75, 3.05) is 0 Å². The van der Waals surface area contributed by atoms with Crippen molar-refractivity contribution in [1.82, 2.24) is 15.5 Å². The molecule has 0 spiro atoms. The largest absolute Gasteiger partial charge is 0.345 e. The molecule has 20 heavy (non-hydrogen) atoms. The summed E-state index contributed by atoms with van der Waals surface area (Å²) in [6.45, 7) is 3.44. The van der Waals surface area contributed by atoms with Crippen molar-refractivity contribution in [3.63, 3.8) is 0 Å². The predicted molar refractivity (Wildman–Crippen MR) is 72.3 cm³/mol. The quantitative estimate of drug-likeness (QED) is 0.658. The highest BCUT2D eigenvalue weighted by atomic mass is 16.6.